The summed E-state index contributed by atoms with van der Waals surface area (Å²) in [6, 6.07) is 0. The van der Waals surface area contributed by atoms with Gasteiger partial charge in [0.2, 0.25) is 0 Å². The minimum absolute atomic E-state index is 0.204. The Hall–Kier alpha value is 0.440. The lowest BCUT2D eigenvalue weighted by Gasteiger charge is -2.26. The summed E-state index contributed by atoms with van der Waals surface area (Å²) >= 11 is 3.56. The molecule has 2 heteroatoms. The van der Waals surface area contributed by atoms with E-state index in [-0.39, 0.29) is 5.60 Å². The van der Waals surface area contributed by atoms with Crippen molar-refractivity contribution in [3.8, 4) is 0 Å². The molecule has 1 saturated carbocycles. The molecule has 0 saturated heterocycles. The fraction of sp³-hybridized carbons (Fsp3) is 1.00. The number of alkyl halides is 1. The van der Waals surface area contributed by atoms with Crippen molar-refractivity contribution in [2.75, 3.05) is 11.9 Å². The predicted octanol–water partition coefficient (Wildman–Crippen LogP) is 3.51. The first-order valence-corrected chi connectivity index (χ1v) is 6.15. The zero-order chi connectivity index (χ0) is 8.86. The number of rotatable bonds is 5. The maximum absolute atomic E-state index is 5.93. The Morgan fingerprint density at radius 1 is 1.33 bits per heavy atom. The van der Waals surface area contributed by atoms with Gasteiger partial charge in [-0.3, -0.25) is 0 Å². The Bertz CT molecular complexity index is 119. The molecule has 0 aliphatic heterocycles. The van der Waals surface area contributed by atoms with E-state index in [1.807, 2.05) is 0 Å². The van der Waals surface area contributed by atoms with Crippen molar-refractivity contribution >= 4 is 15.9 Å². The monoisotopic (exact) mass is 234 g/mol. The lowest BCUT2D eigenvalue weighted by atomic mass is 10.1. The smallest absolute Gasteiger partial charge is 0.0778 e. The van der Waals surface area contributed by atoms with Crippen LogP contribution in [0.25, 0.3) is 0 Å². The summed E-state index contributed by atoms with van der Waals surface area (Å²) in [5, 5.41) is 1.02. The molecular formula is C10H19BrO. The Morgan fingerprint density at radius 3 is 2.50 bits per heavy atom. The van der Waals surface area contributed by atoms with E-state index in [1.54, 1.807) is 0 Å². The van der Waals surface area contributed by atoms with Crippen molar-refractivity contribution < 1.29 is 4.74 Å². The van der Waals surface area contributed by atoms with Crippen molar-refractivity contribution in [1.29, 1.82) is 0 Å². The fourth-order valence-corrected chi connectivity index (χ4v) is 2.49. The molecule has 1 aliphatic rings. The summed E-state index contributed by atoms with van der Waals surface area (Å²) in [7, 11) is 0. The Morgan fingerprint density at radius 2 is 2.00 bits per heavy atom. The molecule has 0 bridgehead atoms. The fourth-order valence-electron chi connectivity index (χ4n) is 1.77. The first kappa shape index (κ1) is 10.5. The molecule has 1 rings (SSSR count). The Kier molecular flexibility index (Phi) is 4.59. The molecular weight excluding hydrogens is 216 g/mol. The van der Waals surface area contributed by atoms with Crippen LogP contribution in [-0.2, 0) is 4.74 Å². The average Bonchev–Trinajstić information content (AvgIpc) is 2.55. The third-order valence-electron chi connectivity index (χ3n) is 2.66. The van der Waals surface area contributed by atoms with Crippen molar-refractivity contribution in [2.45, 2.75) is 51.0 Å². The van der Waals surface area contributed by atoms with Crippen LogP contribution in [0.2, 0.25) is 0 Å². The van der Waals surface area contributed by atoms with Crippen LogP contribution in [0.5, 0.6) is 0 Å². The van der Waals surface area contributed by atoms with E-state index in [9.17, 15) is 0 Å². The van der Waals surface area contributed by atoms with Crippen molar-refractivity contribution in [2.24, 2.45) is 0 Å². The summed E-state index contributed by atoms with van der Waals surface area (Å²) in [6.45, 7) is 3.15. The molecule has 0 amide bonds. The van der Waals surface area contributed by atoms with Crippen LogP contribution >= 0.6 is 15.9 Å². The van der Waals surface area contributed by atoms with Crippen molar-refractivity contribution in [1.82, 2.24) is 0 Å². The second-order valence-corrected chi connectivity index (χ2v) is 4.29. The topological polar surface area (TPSA) is 9.23 Å². The standard InChI is InChI=1S/C10H19BrO/c1-2-3-8-12-10(9-11)6-4-5-7-10/h2-9H2,1H3. The molecule has 72 valence electrons. The van der Waals surface area contributed by atoms with E-state index >= 15 is 0 Å². The molecule has 12 heavy (non-hydrogen) atoms. The molecule has 0 N–H and O–H groups in total. The molecule has 0 heterocycles. The second-order valence-electron chi connectivity index (χ2n) is 3.73. The van der Waals surface area contributed by atoms with Gasteiger partial charge in [0.1, 0.15) is 0 Å². The van der Waals surface area contributed by atoms with Crippen molar-refractivity contribution in [3.63, 3.8) is 0 Å². The van der Waals surface area contributed by atoms with Crippen LogP contribution in [0, 0.1) is 0 Å². The SMILES string of the molecule is CCCCOC1(CBr)CCCC1. The quantitative estimate of drug-likeness (QED) is 0.523. The minimum atomic E-state index is 0.204. The maximum atomic E-state index is 5.93. The summed E-state index contributed by atoms with van der Waals surface area (Å²) in [4.78, 5) is 0. The van der Waals surface area contributed by atoms with Gasteiger partial charge in [0.15, 0.2) is 0 Å². The summed E-state index contributed by atoms with van der Waals surface area (Å²) in [6.07, 6.45) is 7.63. The minimum Gasteiger partial charge on any atom is -0.374 e. The van der Waals surface area contributed by atoms with Gasteiger partial charge in [0, 0.05) is 11.9 Å². The molecule has 0 atom stereocenters. The van der Waals surface area contributed by atoms with Crippen LogP contribution in [0.15, 0.2) is 0 Å². The third kappa shape index (κ3) is 2.74. The molecule has 1 fully saturated rings. The van der Waals surface area contributed by atoms with Gasteiger partial charge >= 0.3 is 0 Å². The molecule has 0 unspecified atom stereocenters. The Labute approximate surface area is 84.0 Å². The van der Waals surface area contributed by atoms with Crippen LogP contribution in [-0.4, -0.2) is 17.5 Å². The lowest BCUT2D eigenvalue weighted by Crippen LogP contribution is -2.31. The second kappa shape index (κ2) is 5.23. The van der Waals surface area contributed by atoms with E-state index in [2.05, 4.69) is 22.9 Å². The van der Waals surface area contributed by atoms with Gasteiger partial charge in [-0.15, -0.1) is 0 Å². The normalized spacial score (nSPS) is 21.5. The van der Waals surface area contributed by atoms with Gasteiger partial charge in [-0.1, -0.05) is 42.1 Å². The number of hydrogen-bond acceptors (Lipinski definition) is 1. The highest BCUT2D eigenvalue weighted by atomic mass is 79.9. The van der Waals surface area contributed by atoms with Crippen LogP contribution in [0.1, 0.15) is 45.4 Å². The first-order chi connectivity index (χ1) is 5.83. The van der Waals surface area contributed by atoms with Gasteiger partial charge in [0.25, 0.3) is 0 Å². The average molecular weight is 235 g/mol. The van der Waals surface area contributed by atoms with Crippen molar-refractivity contribution in [3.05, 3.63) is 0 Å². The van der Waals surface area contributed by atoms with Crippen LogP contribution < -0.4 is 0 Å². The zero-order valence-corrected chi connectivity index (χ0v) is 9.53. The first-order valence-electron chi connectivity index (χ1n) is 5.03. The van der Waals surface area contributed by atoms with Gasteiger partial charge in [-0.2, -0.15) is 0 Å². The van der Waals surface area contributed by atoms with Gasteiger partial charge in [-0.25, -0.2) is 0 Å². The van der Waals surface area contributed by atoms with E-state index in [0.29, 0.717) is 0 Å². The third-order valence-corrected chi connectivity index (χ3v) is 3.69. The number of ether oxygens (including phenoxy) is 1. The summed E-state index contributed by atoms with van der Waals surface area (Å²) < 4.78 is 5.93. The Balaban J connectivity index is 2.24. The maximum Gasteiger partial charge on any atom is 0.0778 e. The van der Waals surface area contributed by atoms with E-state index < -0.39 is 0 Å². The van der Waals surface area contributed by atoms with Gasteiger partial charge in [-0.05, 0) is 19.3 Å². The van der Waals surface area contributed by atoms with Crippen LogP contribution in [0.3, 0.4) is 0 Å². The molecule has 0 aromatic heterocycles. The summed E-state index contributed by atoms with van der Waals surface area (Å²) in [5.74, 6) is 0. The molecule has 0 radical (unpaired) electrons. The molecule has 1 aliphatic carbocycles. The van der Waals surface area contributed by atoms with E-state index in [1.165, 1.54) is 38.5 Å². The van der Waals surface area contributed by atoms with E-state index in [4.69, 9.17) is 4.74 Å². The summed E-state index contributed by atoms with van der Waals surface area (Å²) in [5.41, 5.74) is 0.204. The molecule has 0 aromatic carbocycles. The zero-order valence-electron chi connectivity index (χ0n) is 7.94. The molecule has 0 aromatic rings. The van der Waals surface area contributed by atoms with E-state index in [0.717, 1.165) is 11.9 Å². The van der Waals surface area contributed by atoms with Crippen LogP contribution in [0.4, 0.5) is 0 Å². The number of halogens is 1. The molecule has 1 nitrogen and oxygen atoms in total. The van der Waals surface area contributed by atoms with Gasteiger partial charge < -0.3 is 4.74 Å². The van der Waals surface area contributed by atoms with Gasteiger partial charge in [0.05, 0.1) is 5.60 Å². The highest BCUT2D eigenvalue weighted by Gasteiger charge is 2.33. The largest absolute Gasteiger partial charge is 0.374 e. The molecule has 0 spiro atoms. The highest BCUT2D eigenvalue weighted by Crippen LogP contribution is 2.34. The number of hydrogen-bond donors (Lipinski definition) is 0. The predicted molar refractivity (Wildman–Crippen MR) is 55.9 cm³/mol. The lowest BCUT2D eigenvalue weighted by molar-refractivity contribution is -0.0225. The highest BCUT2D eigenvalue weighted by molar-refractivity contribution is 9.09. The number of unbranched alkanes of at least 4 members (excludes halogenated alkanes) is 1.